The topological polar surface area (TPSA) is 140 Å². The van der Waals surface area contributed by atoms with Crippen molar-refractivity contribution in [1.82, 2.24) is 5.43 Å². The van der Waals surface area contributed by atoms with Crippen molar-refractivity contribution in [1.29, 1.82) is 0 Å². The van der Waals surface area contributed by atoms with Gasteiger partial charge in [0.05, 0.1) is 18.1 Å². The molecule has 0 saturated carbocycles. The SMILES string of the molecule is CC(=Cc1ccccc1)/C=N/Nc1ccc(C(=O)NN=C/C(C)=C\c2ccccc2)cc1.O=S(=O)(O)O. The number of amides is 1. The number of anilines is 1. The van der Waals surface area contributed by atoms with Crippen LogP contribution in [0, 0.1) is 0 Å². The number of rotatable bonds is 8. The highest BCUT2D eigenvalue weighted by atomic mass is 32.3. The Bertz CT molecular complexity index is 1360. The van der Waals surface area contributed by atoms with Crippen LogP contribution in [0.25, 0.3) is 12.2 Å². The lowest BCUT2D eigenvalue weighted by Crippen LogP contribution is -2.17. The van der Waals surface area contributed by atoms with Crippen molar-refractivity contribution in [3.63, 3.8) is 0 Å². The van der Waals surface area contributed by atoms with Crippen molar-refractivity contribution in [2.45, 2.75) is 13.8 Å². The third-order valence-corrected chi connectivity index (χ3v) is 4.43. The number of allylic oxidation sites excluding steroid dienone is 2. The summed E-state index contributed by atoms with van der Waals surface area (Å²) >= 11 is 0. The lowest BCUT2D eigenvalue weighted by molar-refractivity contribution is 0.0955. The summed E-state index contributed by atoms with van der Waals surface area (Å²) in [6, 6.07) is 27.1. The van der Waals surface area contributed by atoms with E-state index in [4.69, 9.17) is 17.5 Å². The number of nitrogens with one attached hydrogen (secondary N) is 2. The first-order valence-corrected chi connectivity index (χ1v) is 12.4. The summed E-state index contributed by atoms with van der Waals surface area (Å²) in [6.07, 6.45) is 7.43. The predicted octanol–water partition coefficient (Wildman–Crippen LogP) is 5.35. The summed E-state index contributed by atoms with van der Waals surface area (Å²) < 4.78 is 31.6. The lowest BCUT2D eigenvalue weighted by Gasteiger charge is -2.03. The van der Waals surface area contributed by atoms with Gasteiger partial charge >= 0.3 is 10.4 Å². The lowest BCUT2D eigenvalue weighted by atomic mass is 10.1. The van der Waals surface area contributed by atoms with Gasteiger partial charge in [-0.1, -0.05) is 72.8 Å². The second-order valence-electron chi connectivity index (χ2n) is 7.69. The van der Waals surface area contributed by atoms with Gasteiger partial charge in [-0.05, 0) is 60.4 Å². The monoisotopic (exact) mass is 520 g/mol. The Morgan fingerprint density at radius 1 is 0.730 bits per heavy atom. The van der Waals surface area contributed by atoms with E-state index in [1.807, 2.05) is 80.6 Å². The molecule has 0 atom stereocenters. The minimum atomic E-state index is -4.67. The minimum Gasteiger partial charge on any atom is -0.279 e. The number of hydrogen-bond donors (Lipinski definition) is 4. The number of nitrogens with zero attached hydrogens (tertiary/aromatic N) is 2. The van der Waals surface area contributed by atoms with E-state index in [-0.39, 0.29) is 5.91 Å². The Hall–Kier alpha value is -4.38. The van der Waals surface area contributed by atoms with Gasteiger partial charge in [-0.2, -0.15) is 18.6 Å². The van der Waals surface area contributed by atoms with Gasteiger partial charge in [-0.15, -0.1) is 0 Å². The molecule has 192 valence electrons. The second kappa shape index (κ2) is 14.9. The fourth-order valence-corrected chi connectivity index (χ4v) is 2.86. The van der Waals surface area contributed by atoms with E-state index < -0.39 is 10.4 Å². The third kappa shape index (κ3) is 13.3. The molecule has 37 heavy (non-hydrogen) atoms. The van der Waals surface area contributed by atoms with E-state index in [1.54, 1.807) is 36.7 Å². The molecule has 0 heterocycles. The molecule has 3 aromatic rings. The molecule has 4 N–H and O–H groups in total. The average molecular weight is 521 g/mol. The van der Waals surface area contributed by atoms with E-state index in [2.05, 4.69) is 27.1 Å². The van der Waals surface area contributed by atoms with E-state index in [1.165, 1.54) is 0 Å². The Morgan fingerprint density at radius 2 is 1.16 bits per heavy atom. The van der Waals surface area contributed by atoms with Crippen LogP contribution < -0.4 is 10.9 Å². The summed E-state index contributed by atoms with van der Waals surface area (Å²) in [6.45, 7) is 3.92. The summed E-state index contributed by atoms with van der Waals surface area (Å²) in [5, 5.41) is 8.27. The van der Waals surface area contributed by atoms with Gasteiger partial charge in [0.25, 0.3) is 5.91 Å². The van der Waals surface area contributed by atoms with Crippen LogP contribution in [0.15, 0.2) is 106 Å². The largest absolute Gasteiger partial charge is 0.394 e. The van der Waals surface area contributed by atoms with Gasteiger partial charge in [0.1, 0.15) is 0 Å². The smallest absolute Gasteiger partial charge is 0.279 e. The van der Waals surface area contributed by atoms with Crippen LogP contribution in [0.3, 0.4) is 0 Å². The van der Waals surface area contributed by atoms with Gasteiger partial charge in [0.2, 0.25) is 0 Å². The molecule has 1 amide bonds. The van der Waals surface area contributed by atoms with Crippen molar-refractivity contribution >= 4 is 46.6 Å². The molecule has 0 aliphatic carbocycles. The van der Waals surface area contributed by atoms with Crippen LogP contribution in [0.2, 0.25) is 0 Å². The molecule has 0 aromatic heterocycles. The summed E-state index contributed by atoms with van der Waals surface area (Å²) in [5.41, 5.74) is 11.0. The summed E-state index contributed by atoms with van der Waals surface area (Å²) in [4.78, 5) is 12.3. The molecule has 0 unspecified atom stereocenters. The molecule has 0 radical (unpaired) electrons. The highest BCUT2D eigenvalue weighted by Crippen LogP contribution is 2.10. The maximum atomic E-state index is 12.3. The molecule has 0 spiro atoms. The first kappa shape index (κ1) is 28.9. The van der Waals surface area contributed by atoms with Crippen LogP contribution in [-0.4, -0.2) is 35.9 Å². The van der Waals surface area contributed by atoms with Crippen molar-refractivity contribution in [3.8, 4) is 0 Å². The Kier molecular flexibility index (Phi) is 11.6. The number of benzene rings is 3. The zero-order chi connectivity index (χ0) is 27.1. The summed E-state index contributed by atoms with van der Waals surface area (Å²) in [7, 11) is -4.67. The number of hydrogen-bond acceptors (Lipinski definition) is 6. The molecule has 0 saturated heterocycles. The van der Waals surface area contributed by atoms with Gasteiger partial charge in [0.15, 0.2) is 0 Å². The van der Waals surface area contributed by atoms with Crippen LogP contribution in [-0.2, 0) is 10.4 Å². The van der Waals surface area contributed by atoms with Crippen LogP contribution in [0.4, 0.5) is 5.69 Å². The van der Waals surface area contributed by atoms with Crippen molar-refractivity contribution in [2.24, 2.45) is 10.2 Å². The van der Waals surface area contributed by atoms with E-state index in [0.717, 1.165) is 28.0 Å². The first-order chi connectivity index (χ1) is 17.6. The molecule has 0 aliphatic heterocycles. The Balaban J connectivity index is 0.000000877. The molecular formula is C27H28N4O5S. The van der Waals surface area contributed by atoms with E-state index >= 15 is 0 Å². The van der Waals surface area contributed by atoms with Gasteiger partial charge < -0.3 is 0 Å². The molecule has 0 aliphatic rings. The van der Waals surface area contributed by atoms with Crippen LogP contribution in [0.1, 0.15) is 35.3 Å². The Morgan fingerprint density at radius 3 is 1.62 bits per heavy atom. The highest BCUT2D eigenvalue weighted by molar-refractivity contribution is 7.79. The normalized spacial score (nSPS) is 12.2. The third-order valence-electron chi connectivity index (χ3n) is 4.43. The first-order valence-electron chi connectivity index (χ1n) is 11.0. The van der Waals surface area contributed by atoms with E-state index in [0.29, 0.717) is 5.56 Å². The molecule has 3 aromatic carbocycles. The maximum Gasteiger partial charge on any atom is 0.394 e. The van der Waals surface area contributed by atoms with Crippen molar-refractivity contribution in [2.75, 3.05) is 5.43 Å². The van der Waals surface area contributed by atoms with Gasteiger partial charge in [-0.25, -0.2) is 5.43 Å². The quantitative estimate of drug-likeness (QED) is 0.179. The standard InChI is InChI=1S/C27H26N4O.H2O4S/c1-21(17-23-9-5-3-6-10-23)19-28-30-26-15-13-25(14-16-26)27(32)31-29-20-22(2)18-24-11-7-4-8-12-24;1-5(2,3)4/h3-20,30H,1-2H3,(H,31,32);(H2,1,2,3,4)/b21-17?,22-18-,28-19+,29-20?;. The predicted molar refractivity (Wildman–Crippen MR) is 149 cm³/mol. The van der Waals surface area contributed by atoms with Gasteiger partial charge in [0, 0.05) is 5.56 Å². The maximum absolute atomic E-state index is 12.3. The van der Waals surface area contributed by atoms with E-state index in [9.17, 15) is 4.79 Å². The molecular weight excluding hydrogens is 492 g/mol. The fraction of sp³-hybridized carbons (Fsp3) is 0.0741. The fourth-order valence-electron chi connectivity index (χ4n) is 2.86. The van der Waals surface area contributed by atoms with Crippen LogP contribution in [0.5, 0.6) is 0 Å². The van der Waals surface area contributed by atoms with Crippen LogP contribution >= 0.6 is 0 Å². The van der Waals surface area contributed by atoms with Gasteiger partial charge in [-0.3, -0.25) is 19.3 Å². The second-order valence-corrected chi connectivity index (χ2v) is 8.59. The molecule has 10 heteroatoms. The molecule has 0 bridgehead atoms. The number of carbonyl (C=O) groups excluding carboxylic acids is 1. The summed E-state index contributed by atoms with van der Waals surface area (Å²) in [5.74, 6) is -0.273. The molecule has 0 fully saturated rings. The average Bonchev–Trinajstić information content (AvgIpc) is 2.84. The molecule has 3 rings (SSSR count). The van der Waals surface area contributed by atoms with Crippen molar-refractivity contribution < 1.29 is 22.3 Å². The highest BCUT2D eigenvalue weighted by Gasteiger charge is 2.03. The minimum absolute atomic E-state index is 0.273. The number of carbonyl (C=O) groups is 1. The zero-order valence-corrected chi connectivity index (χ0v) is 21.1. The molecule has 9 nitrogen and oxygen atoms in total. The van der Waals surface area contributed by atoms with Crippen molar-refractivity contribution in [3.05, 3.63) is 113 Å². The zero-order valence-electron chi connectivity index (χ0n) is 20.3. The Labute approximate surface area is 216 Å². The number of hydrazone groups is 2.